The molecule has 2 heterocycles. The fraction of sp³-hybridized carbons (Fsp3) is 0.286. The van der Waals surface area contributed by atoms with Crippen LogP contribution in [0, 0.1) is 10.1 Å². The zero-order valence-electron chi connectivity index (χ0n) is 16.2. The van der Waals surface area contributed by atoms with Gasteiger partial charge in [-0.3, -0.25) is 15.1 Å². The standard InChI is InChI=1S/C21H21ClN6O2/c22-15-8-9-19(28(29)30)18(11-15)25-20-12-17(14-5-4-10-23-13-14)26-21(27-20)24-16-6-2-1-3-7-16/h4-5,8-13,16H,1-3,6-7H2,(H2,24,25,26,27). The lowest BCUT2D eigenvalue weighted by atomic mass is 9.96. The van der Waals surface area contributed by atoms with E-state index in [-0.39, 0.29) is 11.4 Å². The maximum absolute atomic E-state index is 11.4. The molecular weight excluding hydrogens is 404 g/mol. The molecule has 1 fully saturated rings. The van der Waals surface area contributed by atoms with Gasteiger partial charge in [0.1, 0.15) is 11.5 Å². The molecule has 0 unspecified atom stereocenters. The van der Waals surface area contributed by atoms with Gasteiger partial charge in [0.25, 0.3) is 5.69 Å². The second-order valence-electron chi connectivity index (χ2n) is 7.23. The largest absolute Gasteiger partial charge is 0.351 e. The van der Waals surface area contributed by atoms with Gasteiger partial charge in [0.05, 0.1) is 10.6 Å². The minimum absolute atomic E-state index is 0.0808. The number of hydrogen-bond acceptors (Lipinski definition) is 7. The first-order valence-corrected chi connectivity index (χ1v) is 10.2. The summed E-state index contributed by atoms with van der Waals surface area (Å²) in [6, 6.07) is 10.2. The van der Waals surface area contributed by atoms with Gasteiger partial charge in [0.15, 0.2) is 0 Å². The van der Waals surface area contributed by atoms with Crippen LogP contribution in [0.25, 0.3) is 11.3 Å². The molecule has 1 aliphatic carbocycles. The Kier molecular flexibility index (Phi) is 6.04. The first-order chi connectivity index (χ1) is 14.6. The van der Waals surface area contributed by atoms with Crippen LogP contribution >= 0.6 is 11.6 Å². The molecule has 0 atom stereocenters. The quantitative estimate of drug-likeness (QED) is 0.392. The van der Waals surface area contributed by atoms with Crippen molar-refractivity contribution in [2.24, 2.45) is 0 Å². The molecular formula is C21H21ClN6O2. The van der Waals surface area contributed by atoms with Crippen molar-refractivity contribution >= 4 is 34.7 Å². The molecule has 0 spiro atoms. The van der Waals surface area contributed by atoms with Gasteiger partial charge in [0, 0.05) is 41.2 Å². The predicted molar refractivity (Wildman–Crippen MR) is 117 cm³/mol. The summed E-state index contributed by atoms with van der Waals surface area (Å²) in [6.07, 6.45) is 9.17. The van der Waals surface area contributed by atoms with E-state index in [1.807, 2.05) is 12.1 Å². The van der Waals surface area contributed by atoms with E-state index >= 15 is 0 Å². The Morgan fingerprint density at radius 2 is 1.93 bits per heavy atom. The molecule has 0 radical (unpaired) electrons. The summed E-state index contributed by atoms with van der Waals surface area (Å²) in [5.41, 5.74) is 1.69. The Hall–Kier alpha value is -3.26. The van der Waals surface area contributed by atoms with Gasteiger partial charge in [-0.2, -0.15) is 4.98 Å². The number of nitrogens with zero attached hydrogens (tertiary/aromatic N) is 4. The van der Waals surface area contributed by atoms with Gasteiger partial charge >= 0.3 is 0 Å². The highest BCUT2D eigenvalue weighted by molar-refractivity contribution is 6.31. The Balaban J connectivity index is 1.70. The third-order valence-electron chi connectivity index (χ3n) is 5.04. The van der Waals surface area contributed by atoms with Crippen LogP contribution in [0.5, 0.6) is 0 Å². The van der Waals surface area contributed by atoms with Crippen molar-refractivity contribution in [3.63, 3.8) is 0 Å². The van der Waals surface area contributed by atoms with Crippen LogP contribution in [0.1, 0.15) is 32.1 Å². The van der Waals surface area contributed by atoms with Crippen LogP contribution in [-0.4, -0.2) is 25.9 Å². The number of benzene rings is 1. The fourth-order valence-electron chi connectivity index (χ4n) is 3.57. The van der Waals surface area contributed by atoms with E-state index in [1.54, 1.807) is 18.5 Å². The Morgan fingerprint density at radius 3 is 2.67 bits per heavy atom. The molecule has 30 heavy (non-hydrogen) atoms. The van der Waals surface area contributed by atoms with Crippen molar-refractivity contribution < 1.29 is 4.92 Å². The zero-order valence-corrected chi connectivity index (χ0v) is 17.0. The first kappa shape index (κ1) is 20.0. The van der Waals surface area contributed by atoms with Gasteiger partial charge in [-0.1, -0.05) is 30.9 Å². The maximum Gasteiger partial charge on any atom is 0.292 e. The molecule has 2 N–H and O–H groups in total. The lowest BCUT2D eigenvalue weighted by Crippen LogP contribution is -2.23. The highest BCUT2D eigenvalue weighted by atomic mass is 35.5. The third kappa shape index (κ3) is 4.83. The van der Waals surface area contributed by atoms with Gasteiger partial charge in [0.2, 0.25) is 5.95 Å². The van der Waals surface area contributed by atoms with E-state index in [0.29, 0.717) is 28.5 Å². The molecule has 8 nitrogen and oxygen atoms in total. The molecule has 154 valence electrons. The fourth-order valence-corrected chi connectivity index (χ4v) is 3.75. The van der Waals surface area contributed by atoms with Crippen molar-refractivity contribution in [1.82, 2.24) is 15.0 Å². The molecule has 3 aromatic rings. The number of rotatable bonds is 6. The number of pyridine rings is 1. The number of anilines is 3. The summed E-state index contributed by atoms with van der Waals surface area (Å²) in [6.45, 7) is 0. The summed E-state index contributed by atoms with van der Waals surface area (Å²) < 4.78 is 0. The van der Waals surface area contributed by atoms with E-state index in [0.717, 1.165) is 18.4 Å². The van der Waals surface area contributed by atoms with Gasteiger partial charge in [-0.05, 0) is 37.1 Å². The van der Waals surface area contributed by atoms with Crippen molar-refractivity contribution in [3.8, 4) is 11.3 Å². The number of hydrogen-bond donors (Lipinski definition) is 2. The SMILES string of the molecule is O=[N+]([O-])c1ccc(Cl)cc1Nc1cc(-c2cccnc2)nc(NC2CCCCC2)n1. The first-order valence-electron chi connectivity index (χ1n) is 9.85. The Labute approximate surface area is 178 Å². The van der Waals surface area contributed by atoms with Crippen LogP contribution in [0.4, 0.5) is 23.1 Å². The van der Waals surface area contributed by atoms with Crippen LogP contribution in [0.3, 0.4) is 0 Å². The number of halogens is 1. The molecule has 0 amide bonds. The number of nitro benzene ring substituents is 1. The Bertz CT molecular complexity index is 1040. The second kappa shape index (κ2) is 9.04. The topological polar surface area (TPSA) is 106 Å². The summed E-state index contributed by atoms with van der Waals surface area (Å²) in [7, 11) is 0. The van der Waals surface area contributed by atoms with Gasteiger partial charge < -0.3 is 10.6 Å². The number of nitrogens with one attached hydrogen (secondary N) is 2. The molecule has 9 heteroatoms. The predicted octanol–water partition coefficient (Wildman–Crippen LogP) is 5.59. The third-order valence-corrected chi connectivity index (χ3v) is 5.27. The average molecular weight is 425 g/mol. The lowest BCUT2D eigenvalue weighted by Gasteiger charge is -2.23. The van der Waals surface area contributed by atoms with Crippen LogP contribution in [-0.2, 0) is 0 Å². The van der Waals surface area contributed by atoms with E-state index in [4.69, 9.17) is 11.6 Å². The summed E-state index contributed by atoms with van der Waals surface area (Å²) in [5.74, 6) is 0.919. The summed E-state index contributed by atoms with van der Waals surface area (Å²) >= 11 is 6.06. The van der Waals surface area contributed by atoms with Crippen LogP contribution in [0.15, 0.2) is 48.8 Å². The molecule has 1 aromatic carbocycles. The van der Waals surface area contributed by atoms with Crippen LogP contribution < -0.4 is 10.6 Å². The molecule has 1 aliphatic rings. The second-order valence-corrected chi connectivity index (χ2v) is 7.66. The number of aromatic nitrogens is 3. The highest BCUT2D eigenvalue weighted by Gasteiger charge is 2.18. The average Bonchev–Trinajstić information content (AvgIpc) is 2.75. The summed E-state index contributed by atoms with van der Waals surface area (Å²) in [5, 5.41) is 18.3. The van der Waals surface area contributed by atoms with E-state index in [2.05, 4.69) is 25.6 Å². The van der Waals surface area contributed by atoms with Crippen LogP contribution in [0.2, 0.25) is 5.02 Å². The lowest BCUT2D eigenvalue weighted by molar-refractivity contribution is -0.383. The molecule has 1 saturated carbocycles. The summed E-state index contributed by atoms with van der Waals surface area (Å²) in [4.78, 5) is 24.3. The van der Waals surface area contributed by atoms with Gasteiger partial charge in [-0.15, -0.1) is 0 Å². The van der Waals surface area contributed by atoms with Crippen molar-refractivity contribution in [1.29, 1.82) is 0 Å². The van der Waals surface area contributed by atoms with Crippen molar-refractivity contribution in [3.05, 3.63) is 63.9 Å². The molecule has 0 bridgehead atoms. The number of nitro groups is 1. The molecule has 0 aliphatic heterocycles. The minimum Gasteiger partial charge on any atom is -0.351 e. The van der Waals surface area contributed by atoms with Crippen molar-refractivity contribution in [2.75, 3.05) is 10.6 Å². The van der Waals surface area contributed by atoms with Gasteiger partial charge in [-0.25, -0.2) is 4.98 Å². The van der Waals surface area contributed by atoms with Crippen molar-refractivity contribution in [2.45, 2.75) is 38.1 Å². The van der Waals surface area contributed by atoms with E-state index < -0.39 is 4.92 Å². The zero-order chi connectivity index (χ0) is 20.9. The van der Waals surface area contributed by atoms with E-state index in [1.165, 1.54) is 37.5 Å². The monoisotopic (exact) mass is 424 g/mol. The maximum atomic E-state index is 11.4. The molecule has 0 saturated heterocycles. The molecule has 2 aromatic heterocycles. The normalized spacial score (nSPS) is 14.3. The minimum atomic E-state index is -0.455. The molecule has 4 rings (SSSR count). The smallest absolute Gasteiger partial charge is 0.292 e. The highest BCUT2D eigenvalue weighted by Crippen LogP contribution is 2.31. The van der Waals surface area contributed by atoms with E-state index in [9.17, 15) is 10.1 Å². The Morgan fingerprint density at radius 1 is 1.10 bits per heavy atom.